The van der Waals surface area contributed by atoms with Crippen LogP contribution in [0.25, 0.3) is 0 Å². The van der Waals surface area contributed by atoms with Crippen LogP contribution in [-0.2, 0) is 9.53 Å². The van der Waals surface area contributed by atoms with Crippen LogP contribution >= 0.6 is 0 Å². The third-order valence-electron chi connectivity index (χ3n) is 3.21. The molecular weight excluding hydrogens is 352 g/mol. The van der Waals surface area contributed by atoms with Gasteiger partial charge in [-0.05, 0) is 39.0 Å². The molecule has 0 heterocycles. The predicted molar refractivity (Wildman–Crippen MR) is 104 cm³/mol. The molecule has 0 aliphatic rings. The van der Waals surface area contributed by atoms with Gasteiger partial charge in [-0.1, -0.05) is 0 Å². The number of anilines is 2. The van der Waals surface area contributed by atoms with Crippen molar-refractivity contribution in [2.75, 3.05) is 38.0 Å². The van der Waals surface area contributed by atoms with Crippen LogP contribution in [0.15, 0.2) is 18.2 Å². The summed E-state index contributed by atoms with van der Waals surface area (Å²) in [6.07, 6.45) is -0.109. The van der Waals surface area contributed by atoms with Crippen LogP contribution in [0, 0.1) is 0 Å². The van der Waals surface area contributed by atoms with Gasteiger partial charge >= 0.3 is 12.1 Å². The van der Waals surface area contributed by atoms with Crippen molar-refractivity contribution in [1.29, 1.82) is 0 Å². The van der Waals surface area contributed by atoms with Gasteiger partial charge in [-0.2, -0.15) is 0 Å². The van der Waals surface area contributed by atoms with E-state index in [-0.39, 0.29) is 12.6 Å². The number of carbonyl (C=O) groups is 3. The number of nitrogens with zero attached hydrogens (tertiary/aromatic N) is 1. The third-order valence-corrected chi connectivity index (χ3v) is 3.21. The number of amides is 3. The van der Waals surface area contributed by atoms with Crippen molar-refractivity contribution in [3.05, 3.63) is 18.2 Å². The Kier molecular flexibility index (Phi) is 7.89. The minimum Gasteiger partial charge on any atom is -0.489 e. The van der Waals surface area contributed by atoms with Crippen molar-refractivity contribution in [3.8, 4) is 5.75 Å². The van der Waals surface area contributed by atoms with E-state index >= 15 is 0 Å². The highest BCUT2D eigenvalue weighted by atomic mass is 16.6. The van der Waals surface area contributed by atoms with Gasteiger partial charge in [-0.3, -0.25) is 0 Å². The van der Waals surface area contributed by atoms with Gasteiger partial charge in [0.05, 0.1) is 5.69 Å². The molecule has 0 bridgehead atoms. The molecule has 0 aliphatic carbocycles. The van der Waals surface area contributed by atoms with E-state index in [0.29, 0.717) is 23.4 Å². The van der Waals surface area contributed by atoms with Gasteiger partial charge in [0.25, 0.3) is 0 Å². The van der Waals surface area contributed by atoms with Crippen LogP contribution in [-0.4, -0.2) is 57.8 Å². The zero-order valence-corrected chi connectivity index (χ0v) is 16.6. The summed E-state index contributed by atoms with van der Waals surface area (Å²) in [7, 11) is 5.17. The van der Waals surface area contributed by atoms with Crippen molar-refractivity contribution >= 4 is 29.8 Å². The number of aldehydes is 1. The Morgan fingerprint density at radius 3 is 2.44 bits per heavy atom. The number of hydrogen-bond acceptors (Lipinski definition) is 6. The Labute approximate surface area is 159 Å². The zero-order valence-electron chi connectivity index (χ0n) is 16.6. The van der Waals surface area contributed by atoms with E-state index in [1.807, 2.05) is 19.0 Å². The maximum Gasteiger partial charge on any atom is 0.408 e. The topological polar surface area (TPSA) is 109 Å². The Hall–Kier alpha value is -2.97. The summed E-state index contributed by atoms with van der Waals surface area (Å²) in [5, 5.41) is 7.60. The molecule has 0 unspecified atom stereocenters. The Morgan fingerprint density at radius 2 is 1.93 bits per heavy atom. The summed E-state index contributed by atoms with van der Waals surface area (Å²) in [5.74, 6) is 0.500. The number of nitrogens with one attached hydrogen (secondary N) is 3. The lowest BCUT2D eigenvalue weighted by Gasteiger charge is -2.23. The molecule has 9 nitrogen and oxygen atoms in total. The van der Waals surface area contributed by atoms with Gasteiger partial charge in [0.15, 0.2) is 0 Å². The van der Waals surface area contributed by atoms with Crippen molar-refractivity contribution in [1.82, 2.24) is 10.6 Å². The maximum atomic E-state index is 11.8. The molecule has 0 aromatic heterocycles. The fourth-order valence-corrected chi connectivity index (χ4v) is 2.01. The first-order chi connectivity index (χ1) is 12.6. The Morgan fingerprint density at radius 1 is 1.26 bits per heavy atom. The highest BCUT2D eigenvalue weighted by molar-refractivity contribution is 5.90. The first-order valence-electron chi connectivity index (χ1n) is 8.43. The summed E-state index contributed by atoms with van der Waals surface area (Å²) in [6, 6.07) is 3.89. The van der Waals surface area contributed by atoms with Gasteiger partial charge in [-0.15, -0.1) is 0 Å². The molecule has 27 heavy (non-hydrogen) atoms. The van der Waals surface area contributed by atoms with Crippen LogP contribution in [0.3, 0.4) is 0 Å². The Bertz CT molecular complexity index is 670. The summed E-state index contributed by atoms with van der Waals surface area (Å²) >= 11 is 0. The first kappa shape index (κ1) is 22.1. The number of alkyl carbamates (subject to hydrolysis) is 1. The van der Waals surface area contributed by atoms with Gasteiger partial charge in [-0.25, -0.2) is 9.59 Å². The van der Waals surface area contributed by atoms with Crippen molar-refractivity contribution < 1.29 is 23.9 Å². The van der Waals surface area contributed by atoms with E-state index in [9.17, 15) is 14.4 Å². The molecule has 1 aromatic carbocycles. The number of benzene rings is 1. The van der Waals surface area contributed by atoms with Crippen LogP contribution in [0.1, 0.15) is 20.8 Å². The molecule has 1 aromatic rings. The standard InChI is InChI=1S/C18H28N4O5/c1-18(2,3)27-17(25)21-13(10-23)11-26-15-8-7-12(20-16(24)19-4)9-14(15)22(5)6/h7-10,13H,11H2,1-6H3,(H,21,25)(H2,19,20,24)/t13-/m1/s1. The Balaban J connectivity index is 2.80. The SMILES string of the molecule is CNC(=O)Nc1ccc(OC[C@@H](C=O)NC(=O)OC(C)(C)C)c(N(C)C)c1. The summed E-state index contributed by atoms with van der Waals surface area (Å²) in [6.45, 7) is 5.13. The lowest BCUT2D eigenvalue weighted by atomic mass is 10.2. The minimum atomic E-state index is -0.862. The summed E-state index contributed by atoms with van der Waals surface area (Å²) in [5.41, 5.74) is 0.624. The van der Waals surface area contributed by atoms with E-state index in [2.05, 4.69) is 16.0 Å². The fourth-order valence-electron chi connectivity index (χ4n) is 2.01. The lowest BCUT2D eigenvalue weighted by Crippen LogP contribution is -2.43. The second-order valence-electron chi connectivity index (χ2n) is 6.98. The molecule has 0 radical (unpaired) electrons. The smallest absolute Gasteiger partial charge is 0.408 e. The molecular formula is C18H28N4O5. The van der Waals surface area contributed by atoms with Gasteiger partial charge in [0.2, 0.25) is 0 Å². The van der Waals surface area contributed by atoms with Crippen molar-refractivity contribution in [2.24, 2.45) is 0 Å². The van der Waals surface area contributed by atoms with E-state index in [0.717, 1.165) is 0 Å². The largest absolute Gasteiger partial charge is 0.489 e. The second kappa shape index (κ2) is 9.65. The number of hydrogen-bond donors (Lipinski definition) is 3. The van der Waals surface area contributed by atoms with Gasteiger partial charge in [0.1, 0.15) is 30.3 Å². The highest BCUT2D eigenvalue weighted by Crippen LogP contribution is 2.30. The summed E-state index contributed by atoms with van der Waals surface area (Å²) < 4.78 is 10.8. The molecule has 1 rings (SSSR count). The van der Waals surface area contributed by atoms with E-state index < -0.39 is 17.7 Å². The van der Waals surface area contributed by atoms with Crippen molar-refractivity contribution in [2.45, 2.75) is 32.4 Å². The molecule has 150 valence electrons. The van der Waals surface area contributed by atoms with Crippen LogP contribution in [0.5, 0.6) is 5.75 Å². The first-order valence-corrected chi connectivity index (χ1v) is 8.43. The van der Waals surface area contributed by atoms with E-state index in [1.54, 1.807) is 39.0 Å². The maximum absolute atomic E-state index is 11.8. The fraction of sp³-hybridized carbons (Fsp3) is 0.500. The number of ether oxygens (including phenoxy) is 2. The third kappa shape index (κ3) is 7.85. The molecule has 3 amide bonds. The molecule has 3 N–H and O–H groups in total. The lowest BCUT2D eigenvalue weighted by molar-refractivity contribution is -0.110. The molecule has 0 aliphatic heterocycles. The normalized spacial score (nSPS) is 11.8. The van der Waals surface area contributed by atoms with Crippen LogP contribution in [0.4, 0.5) is 21.0 Å². The highest BCUT2D eigenvalue weighted by Gasteiger charge is 2.20. The molecule has 1 atom stereocenters. The molecule has 0 saturated carbocycles. The molecule has 0 fully saturated rings. The monoisotopic (exact) mass is 380 g/mol. The number of urea groups is 1. The van der Waals surface area contributed by atoms with Gasteiger partial charge in [0, 0.05) is 26.8 Å². The van der Waals surface area contributed by atoms with Crippen LogP contribution in [0.2, 0.25) is 0 Å². The van der Waals surface area contributed by atoms with E-state index in [1.165, 1.54) is 7.05 Å². The quantitative estimate of drug-likeness (QED) is 0.624. The predicted octanol–water partition coefficient (Wildman–Crippen LogP) is 1.97. The average Bonchev–Trinajstić information content (AvgIpc) is 2.57. The number of carbonyl (C=O) groups excluding carboxylic acids is 3. The van der Waals surface area contributed by atoms with Crippen molar-refractivity contribution in [3.63, 3.8) is 0 Å². The second-order valence-corrected chi connectivity index (χ2v) is 6.98. The molecule has 0 spiro atoms. The van der Waals surface area contributed by atoms with E-state index in [4.69, 9.17) is 9.47 Å². The zero-order chi connectivity index (χ0) is 20.6. The molecule has 9 heteroatoms. The van der Waals surface area contributed by atoms with Crippen LogP contribution < -0.4 is 25.6 Å². The minimum absolute atomic E-state index is 0.0637. The summed E-state index contributed by atoms with van der Waals surface area (Å²) in [4.78, 5) is 36.3. The average molecular weight is 380 g/mol. The van der Waals surface area contributed by atoms with Gasteiger partial charge < -0.3 is 35.1 Å². The number of rotatable bonds is 7. The molecule has 0 saturated heterocycles.